The van der Waals surface area contributed by atoms with E-state index in [2.05, 4.69) is 49.2 Å². The Balaban J connectivity index is 0.00000110. The minimum absolute atomic E-state index is 0. The van der Waals surface area contributed by atoms with E-state index in [0.717, 1.165) is 0 Å². The van der Waals surface area contributed by atoms with E-state index in [9.17, 15) is 0 Å². The predicted molar refractivity (Wildman–Crippen MR) is 96.4 cm³/mol. The van der Waals surface area contributed by atoms with Crippen LogP contribution in [0.1, 0.15) is 50.2 Å². The quantitative estimate of drug-likeness (QED) is 0.808. The maximum atomic E-state index is 3.93. The van der Waals surface area contributed by atoms with E-state index < -0.39 is 0 Å². The number of hydrogen-bond acceptors (Lipinski definition) is 2. The largest absolute Gasteiger partial charge is 0.379 e. The Morgan fingerprint density at radius 3 is 2.52 bits per heavy atom. The van der Waals surface area contributed by atoms with Crippen LogP contribution in [0.15, 0.2) is 18.2 Å². The summed E-state index contributed by atoms with van der Waals surface area (Å²) in [7, 11) is 0. The number of fused-ring (bicyclic) bond motifs is 1. The summed E-state index contributed by atoms with van der Waals surface area (Å²) in [5.41, 5.74) is 4.69. The molecular formula is C17H28Cl2N2. The van der Waals surface area contributed by atoms with Crippen molar-refractivity contribution in [3.8, 4) is 0 Å². The number of aryl methyl sites for hydroxylation is 1. The first-order valence-corrected chi connectivity index (χ1v) is 7.73. The second-order valence-corrected chi connectivity index (χ2v) is 6.48. The van der Waals surface area contributed by atoms with Crippen LogP contribution in [0.3, 0.4) is 0 Å². The monoisotopic (exact) mass is 330 g/mol. The average Bonchev–Trinajstić information content (AvgIpc) is 2.41. The zero-order valence-electron chi connectivity index (χ0n) is 13.3. The van der Waals surface area contributed by atoms with E-state index in [1.165, 1.54) is 55.7 Å². The molecule has 1 fully saturated rings. The SMILES string of the molecule is CCN1CCC2(CC1)CC(C)c1cccc(C)c1N2.Cl.Cl. The molecule has 4 heteroatoms. The Hall–Kier alpha value is -0.440. The topological polar surface area (TPSA) is 15.3 Å². The number of hydrogen-bond donors (Lipinski definition) is 1. The molecule has 0 aliphatic carbocycles. The molecule has 3 rings (SSSR count). The van der Waals surface area contributed by atoms with Crippen LogP contribution in [0, 0.1) is 6.92 Å². The van der Waals surface area contributed by atoms with Gasteiger partial charge in [0.2, 0.25) is 0 Å². The van der Waals surface area contributed by atoms with E-state index in [1.54, 1.807) is 0 Å². The van der Waals surface area contributed by atoms with Crippen LogP contribution in [0.2, 0.25) is 0 Å². The van der Waals surface area contributed by atoms with Gasteiger partial charge in [0, 0.05) is 24.3 Å². The third kappa shape index (κ3) is 3.49. The third-order valence-corrected chi connectivity index (χ3v) is 5.18. The van der Waals surface area contributed by atoms with Crippen molar-refractivity contribution < 1.29 is 0 Å². The fraction of sp³-hybridized carbons (Fsp3) is 0.647. The van der Waals surface area contributed by atoms with Crippen LogP contribution in [0.4, 0.5) is 5.69 Å². The summed E-state index contributed by atoms with van der Waals surface area (Å²) in [6.45, 7) is 10.6. The van der Waals surface area contributed by atoms with Crippen molar-refractivity contribution in [1.82, 2.24) is 4.90 Å². The molecule has 0 saturated carbocycles. The second-order valence-electron chi connectivity index (χ2n) is 6.48. The molecule has 1 atom stereocenters. The summed E-state index contributed by atoms with van der Waals surface area (Å²) >= 11 is 0. The molecule has 1 spiro atoms. The van der Waals surface area contributed by atoms with Crippen LogP contribution < -0.4 is 5.32 Å². The predicted octanol–water partition coefficient (Wildman–Crippen LogP) is 4.61. The lowest BCUT2D eigenvalue weighted by atomic mass is 9.74. The number of benzene rings is 1. The van der Waals surface area contributed by atoms with Gasteiger partial charge in [-0.25, -0.2) is 0 Å². The molecule has 1 N–H and O–H groups in total. The number of rotatable bonds is 1. The van der Waals surface area contributed by atoms with E-state index in [0.29, 0.717) is 11.5 Å². The average molecular weight is 331 g/mol. The highest BCUT2D eigenvalue weighted by molar-refractivity contribution is 5.85. The van der Waals surface area contributed by atoms with Crippen LogP contribution in [-0.2, 0) is 0 Å². The van der Waals surface area contributed by atoms with Crippen LogP contribution in [0.5, 0.6) is 0 Å². The number of piperidine rings is 1. The van der Waals surface area contributed by atoms with Crippen molar-refractivity contribution in [1.29, 1.82) is 0 Å². The molecule has 0 radical (unpaired) electrons. The van der Waals surface area contributed by atoms with Crippen LogP contribution in [-0.4, -0.2) is 30.1 Å². The molecule has 1 saturated heterocycles. The van der Waals surface area contributed by atoms with Gasteiger partial charge >= 0.3 is 0 Å². The van der Waals surface area contributed by atoms with Gasteiger partial charge in [0.15, 0.2) is 0 Å². The van der Waals surface area contributed by atoms with Gasteiger partial charge in [0.1, 0.15) is 0 Å². The second kappa shape index (κ2) is 7.21. The lowest BCUT2D eigenvalue weighted by molar-refractivity contribution is 0.166. The summed E-state index contributed by atoms with van der Waals surface area (Å²) < 4.78 is 0. The van der Waals surface area contributed by atoms with Gasteiger partial charge in [0.25, 0.3) is 0 Å². The number of halogens is 2. The highest BCUT2D eigenvalue weighted by atomic mass is 35.5. The van der Waals surface area contributed by atoms with Gasteiger partial charge in [-0.05, 0) is 49.8 Å². The van der Waals surface area contributed by atoms with Gasteiger partial charge in [-0.2, -0.15) is 0 Å². The Morgan fingerprint density at radius 2 is 1.90 bits per heavy atom. The number of nitrogens with one attached hydrogen (secondary N) is 1. The van der Waals surface area contributed by atoms with Gasteiger partial charge in [-0.15, -0.1) is 24.8 Å². The van der Waals surface area contributed by atoms with Crippen molar-refractivity contribution >= 4 is 30.5 Å². The number of anilines is 1. The first-order chi connectivity index (χ1) is 9.13. The van der Waals surface area contributed by atoms with Gasteiger partial charge in [-0.1, -0.05) is 32.0 Å². The maximum absolute atomic E-state index is 3.93. The highest BCUT2D eigenvalue weighted by Crippen LogP contribution is 2.44. The minimum Gasteiger partial charge on any atom is -0.379 e. The van der Waals surface area contributed by atoms with E-state index in [4.69, 9.17) is 0 Å². The van der Waals surface area contributed by atoms with E-state index in [-0.39, 0.29) is 24.8 Å². The van der Waals surface area contributed by atoms with Crippen molar-refractivity contribution in [3.63, 3.8) is 0 Å². The van der Waals surface area contributed by atoms with E-state index >= 15 is 0 Å². The van der Waals surface area contributed by atoms with Crippen molar-refractivity contribution in [3.05, 3.63) is 29.3 Å². The zero-order chi connectivity index (χ0) is 13.5. The number of para-hydroxylation sites is 1. The van der Waals surface area contributed by atoms with Crippen LogP contribution >= 0.6 is 24.8 Å². The molecule has 1 aromatic carbocycles. The first kappa shape index (κ1) is 18.6. The third-order valence-electron chi connectivity index (χ3n) is 5.18. The molecular weight excluding hydrogens is 303 g/mol. The zero-order valence-corrected chi connectivity index (χ0v) is 14.9. The molecule has 2 aliphatic heterocycles. The summed E-state index contributed by atoms with van der Waals surface area (Å²) in [6, 6.07) is 6.73. The van der Waals surface area contributed by atoms with Gasteiger partial charge in [0.05, 0.1) is 0 Å². The molecule has 0 bridgehead atoms. The fourth-order valence-corrected chi connectivity index (χ4v) is 3.91. The lowest BCUT2D eigenvalue weighted by Crippen LogP contribution is -2.51. The minimum atomic E-state index is 0. The summed E-state index contributed by atoms with van der Waals surface area (Å²) in [5.74, 6) is 0.685. The van der Waals surface area contributed by atoms with Crippen molar-refractivity contribution in [2.24, 2.45) is 0 Å². The Morgan fingerprint density at radius 1 is 1.24 bits per heavy atom. The lowest BCUT2D eigenvalue weighted by Gasteiger charge is -2.48. The first-order valence-electron chi connectivity index (χ1n) is 7.73. The highest BCUT2D eigenvalue weighted by Gasteiger charge is 2.39. The van der Waals surface area contributed by atoms with Gasteiger partial charge in [-0.3, -0.25) is 0 Å². The Labute approximate surface area is 141 Å². The molecule has 21 heavy (non-hydrogen) atoms. The molecule has 120 valence electrons. The smallest absolute Gasteiger partial charge is 0.0409 e. The molecule has 0 amide bonds. The van der Waals surface area contributed by atoms with Crippen molar-refractivity contribution in [2.75, 3.05) is 25.0 Å². The summed E-state index contributed by atoms with van der Waals surface area (Å²) in [6.07, 6.45) is 3.87. The molecule has 1 aromatic rings. The molecule has 1 unspecified atom stereocenters. The summed E-state index contributed by atoms with van der Waals surface area (Å²) in [4.78, 5) is 2.57. The molecule has 2 nitrogen and oxygen atoms in total. The molecule has 2 heterocycles. The number of nitrogens with zero attached hydrogens (tertiary/aromatic N) is 1. The van der Waals surface area contributed by atoms with Crippen molar-refractivity contribution in [2.45, 2.75) is 51.5 Å². The standard InChI is InChI=1S/C17H26N2.2ClH/c1-4-19-10-8-17(9-11-19)12-14(3)15-7-5-6-13(2)16(15)18-17;;/h5-7,14,18H,4,8-12H2,1-3H3;2*1H. The Bertz CT molecular complexity index is 468. The van der Waals surface area contributed by atoms with Crippen LogP contribution in [0.25, 0.3) is 0 Å². The Kier molecular flexibility index (Phi) is 6.39. The molecule has 2 aliphatic rings. The molecule has 0 aromatic heterocycles. The maximum Gasteiger partial charge on any atom is 0.0409 e. The normalized spacial score (nSPS) is 23.5. The summed E-state index contributed by atoms with van der Waals surface area (Å²) in [5, 5.41) is 3.93. The van der Waals surface area contributed by atoms with E-state index in [1.807, 2.05) is 0 Å². The van der Waals surface area contributed by atoms with Gasteiger partial charge < -0.3 is 10.2 Å². The number of likely N-dealkylation sites (tertiary alicyclic amines) is 1. The fourth-order valence-electron chi connectivity index (χ4n) is 3.91.